The molecule has 0 saturated carbocycles. The summed E-state index contributed by atoms with van der Waals surface area (Å²) in [4.78, 5) is 17.8. The third kappa shape index (κ3) is 4.14. The number of hydrogen-bond donors (Lipinski definition) is 0. The van der Waals surface area contributed by atoms with Crippen LogP contribution in [0, 0.1) is 6.92 Å². The van der Waals surface area contributed by atoms with Crippen LogP contribution in [-0.2, 0) is 0 Å². The van der Waals surface area contributed by atoms with Crippen LogP contribution in [0.3, 0.4) is 0 Å². The van der Waals surface area contributed by atoms with E-state index in [1.54, 1.807) is 30.3 Å². The molecule has 0 fully saturated rings. The number of para-hydroxylation sites is 2. The van der Waals surface area contributed by atoms with E-state index in [2.05, 4.69) is 4.98 Å². The van der Waals surface area contributed by atoms with Gasteiger partial charge in [0.05, 0.1) is 11.7 Å². The number of oxazole rings is 1. The van der Waals surface area contributed by atoms with Gasteiger partial charge in [0.1, 0.15) is 22.8 Å². The van der Waals surface area contributed by atoms with Crippen LogP contribution in [0.2, 0.25) is 0 Å². The van der Waals surface area contributed by atoms with E-state index in [9.17, 15) is 4.79 Å². The number of furan rings is 1. The average Bonchev–Trinajstić information content (AvgIpc) is 3.31. The zero-order valence-electron chi connectivity index (χ0n) is 16.5. The third-order valence-corrected chi connectivity index (χ3v) is 4.30. The van der Waals surface area contributed by atoms with E-state index in [1.807, 2.05) is 57.2 Å². The molecular formula is C24H21NO4. The Labute approximate surface area is 168 Å². The Morgan fingerprint density at radius 2 is 1.76 bits per heavy atom. The largest absolute Gasteiger partial charge is 0.491 e. The van der Waals surface area contributed by atoms with E-state index < -0.39 is 0 Å². The van der Waals surface area contributed by atoms with Crippen LogP contribution >= 0.6 is 0 Å². The fourth-order valence-electron chi connectivity index (χ4n) is 3.00. The predicted molar refractivity (Wildman–Crippen MR) is 112 cm³/mol. The number of ketones is 1. The van der Waals surface area contributed by atoms with Gasteiger partial charge >= 0.3 is 0 Å². The fraction of sp³-hybridized carbons (Fsp3) is 0.167. The highest BCUT2D eigenvalue weighted by Crippen LogP contribution is 2.27. The van der Waals surface area contributed by atoms with Gasteiger partial charge in [-0.2, -0.15) is 0 Å². The molecule has 2 heterocycles. The van der Waals surface area contributed by atoms with Crippen molar-refractivity contribution in [1.82, 2.24) is 4.98 Å². The summed E-state index contributed by atoms with van der Waals surface area (Å²) in [6, 6.07) is 18.1. The summed E-state index contributed by atoms with van der Waals surface area (Å²) in [5.41, 5.74) is 2.15. The van der Waals surface area contributed by atoms with Crippen molar-refractivity contribution in [3.8, 4) is 5.75 Å². The number of aryl methyl sites for hydroxylation is 1. The van der Waals surface area contributed by atoms with E-state index >= 15 is 0 Å². The van der Waals surface area contributed by atoms with Gasteiger partial charge in [0.15, 0.2) is 11.4 Å². The molecule has 2 aromatic heterocycles. The van der Waals surface area contributed by atoms with E-state index in [-0.39, 0.29) is 17.8 Å². The quantitative estimate of drug-likeness (QED) is 0.303. The van der Waals surface area contributed by atoms with Crippen LogP contribution in [0.5, 0.6) is 5.75 Å². The minimum Gasteiger partial charge on any atom is -0.491 e. The van der Waals surface area contributed by atoms with Crippen LogP contribution in [0.15, 0.2) is 69.5 Å². The summed E-state index contributed by atoms with van der Waals surface area (Å²) < 4.78 is 17.2. The van der Waals surface area contributed by atoms with E-state index in [0.29, 0.717) is 33.7 Å². The number of ether oxygens (including phenoxy) is 1. The number of fused-ring (bicyclic) bond motifs is 1. The normalized spacial score (nSPS) is 11.9. The highest BCUT2D eigenvalue weighted by molar-refractivity contribution is 6.31. The predicted octanol–water partition coefficient (Wildman–Crippen LogP) is 5.94. The molecule has 0 bridgehead atoms. The molecule has 0 spiro atoms. The number of Topliss-reactive ketones (excluding diaryl/α,β-unsaturated/α-hetero) is 1. The summed E-state index contributed by atoms with van der Waals surface area (Å²) >= 11 is 0. The Morgan fingerprint density at radius 1 is 1.00 bits per heavy atom. The highest BCUT2D eigenvalue weighted by atomic mass is 16.5. The third-order valence-electron chi connectivity index (χ3n) is 4.30. The Kier molecular flexibility index (Phi) is 5.04. The van der Waals surface area contributed by atoms with Gasteiger partial charge in [-0.05, 0) is 75.4 Å². The Hall–Kier alpha value is -3.60. The molecule has 0 unspecified atom stereocenters. The number of carbonyl (C=O) groups excluding carboxylic acids is 1. The number of rotatable bonds is 6. The van der Waals surface area contributed by atoms with Crippen molar-refractivity contribution in [2.75, 3.05) is 0 Å². The average molecular weight is 387 g/mol. The van der Waals surface area contributed by atoms with Crippen LogP contribution in [0.25, 0.3) is 22.7 Å². The molecule has 5 heteroatoms. The molecule has 0 aliphatic rings. The zero-order valence-corrected chi connectivity index (χ0v) is 16.5. The number of hydrogen-bond acceptors (Lipinski definition) is 5. The van der Waals surface area contributed by atoms with Gasteiger partial charge in [0, 0.05) is 5.56 Å². The standard InChI is InChI=1S/C24H21NO4/c1-15(2)27-18-12-9-17(10-13-18)23(26)20(14-19-11-8-16(3)28-19)24-25-21-6-4-5-7-22(21)29-24/h4-15H,1-3H3/b20-14-. The molecule has 0 radical (unpaired) electrons. The van der Waals surface area contributed by atoms with Crippen molar-refractivity contribution in [3.63, 3.8) is 0 Å². The second-order valence-electron chi connectivity index (χ2n) is 7.01. The van der Waals surface area contributed by atoms with Crippen molar-refractivity contribution < 1.29 is 18.4 Å². The molecule has 4 rings (SSSR count). The first-order chi connectivity index (χ1) is 14.0. The van der Waals surface area contributed by atoms with Gasteiger partial charge in [-0.15, -0.1) is 0 Å². The molecule has 0 aliphatic carbocycles. The van der Waals surface area contributed by atoms with Crippen molar-refractivity contribution in [2.45, 2.75) is 26.9 Å². The summed E-state index contributed by atoms with van der Waals surface area (Å²) in [5, 5.41) is 0. The molecule has 2 aromatic carbocycles. The van der Waals surface area contributed by atoms with E-state index in [1.165, 1.54) is 0 Å². The van der Waals surface area contributed by atoms with Gasteiger partial charge in [-0.25, -0.2) is 4.98 Å². The molecule has 0 aliphatic heterocycles. The number of nitrogens with zero attached hydrogens (tertiary/aromatic N) is 1. The molecule has 5 nitrogen and oxygen atoms in total. The smallest absolute Gasteiger partial charge is 0.231 e. The van der Waals surface area contributed by atoms with Crippen molar-refractivity contribution in [1.29, 1.82) is 0 Å². The van der Waals surface area contributed by atoms with Crippen LogP contribution in [0.4, 0.5) is 0 Å². The maximum Gasteiger partial charge on any atom is 0.231 e. The number of carbonyl (C=O) groups is 1. The molecule has 0 N–H and O–H groups in total. The number of allylic oxidation sites excluding steroid dienone is 1. The summed E-state index contributed by atoms with van der Waals surface area (Å²) in [7, 11) is 0. The van der Waals surface area contributed by atoms with Crippen molar-refractivity contribution in [3.05, 3.63) is 83.6 Å². The summed E-state index contributed by atoms with van der Waals surface area (Å²) in [5.74, 6) is 2.09. The van der Waals surface area contributed by atoms with Gasteiger partial charge in [-0.3, -0.25) is 4.79 Å². The summed E-state index contributed by atoms with van der Waals surface area (Å²) in [6.45, 7) is 5.77. The molecule has 4 aromatic rings. The topological polar surface area (TPSA) is 65.5 Å². The molecule has 0 atom stereocenters. The minimum atomic E-state index is -0.207. The second kappa shape index (κ2) is 7.80. The first-order valence-electron chi connectivity index (χ1n) is 9.45. The van der Waals surface area contributed by atoms with Gasteiger partial charge in [0.25, 0.3) is 0 Å². The van der Waals surface area contributed by atoms with Crippen molar-refractivity contribution >= 4 is 28.5 Å². The maximum absolute atomic E-state index is 13.3. The second-order valence-corrected chi connectivity index (χ2v) is 7.01. The first kappa shape index (κ1) is 18.7. The molecule has 0 amide bonds. The molecular weight excluding hydrogens is 366 g/mol. The minimum absolute atomic E-state index is 0.0638. The van der Waals surface area contributed by atoms with E-state index in [4.69, 9.17) is 13.6 Å². The lowest BCUT2D eigenvalue weighted by molar-refractivity contribution is 0.105. The lowest BCUT2D eigenvalue weighted by atomic mass is 10.0. The van der Waals surface area contributed by atoms with E-state index in [0.717, 1.165) is 5.76 Å². The Balaban J connectivity index is 1.75. The summed E-state index contributed by atoms with van der Waals surface area (Å²) in [6.07, 6.45) is 1.73. The van der Waals surface area contributed by atoms with Crippen molar-refractivity contribution in [2.24, 2.45) is 0 Å². The van der Waals surface area contributed by atoms with Gasteiger partial charge in [0.2, 0.25) is 5.89 Å². The lowest BCUT2D eigenvalue weighted by Crippen LogP contribution is -2.06. The Bertz CT molecular complexity index is 1150. The molecule has 0 saturated heterocycles. The maximum atomic E-state index is 13.3. The lowest BCUT2D eigenvalue weighted by Gasteiger charge is -2.10. The Morgan fingerprint density at radius 3 is 2.41 bits per heavy atom. The van der Waals surface area contributed by atoms with Gasteiger partial charge in [-0.1, -0.05) is 12.1 Å². The zero-order chi connectivity index (χ0) is 20.4. The fourth-order valence-corrected chi connectivity index (χ4v) is 3.00. The molecule has 146 valence electrons. The highest BCUT2D eigenvalue weighted by Gasteiger charge is 2.21. The SMILES string of the molecule is Cc1ccc(/C=C(/C(=O)c2ccc(OC(C)C)cc2)c2nc3ccccc3o2)o1. The molecule has 29 heavy (non-hydrogen) atoms. The van der Waals surface area contributed by atoms with Gasteiger partial charge < -0.3 is 13.6 Å². The van der Waals surface area contributed by atoms with Crippen LogP contribution < -0.4 is 4.74 Å². The number of aromatic nitrogens is 1. The van der Waals surface area contributed by atoms with Crippen LogP contribution in [0.1, 0.15) is 41.6 Å². The monoisotopic (exact) mass is 387 g/mol. The first-order valence-corrected chi connectivity index (χ1v) is 9.45. The number of benzene rings is 2. The van der Waals surface area contributed by atoms with Crippen LogP contribution in [-0.4, -0.2) is 16.9 Å².